The molecule has 2 aromatic rings. The number of hydrogen-bond acceptors (Lipinski definition) is 0. The summed E-state index contributed by atoms with van der Waals surface area (Å²) in [6, 6.07) is 18.5. The number of halogens is 3. The second-order valence-corrected chi connectivity index (χ2v) is 13.8. The molecule has 0 aromatic heterocycles. The van der Waals surface area contributed by atoms with Gasteiger partial charge in [0.1, 0.15) is 8.07 Å². The summed E-state index contributed by atoms with van der Waals surface area (Å²) in [6.45, 7) is 18.6. The topological polar surface area (TPSA) is 0 Å². The van der Waals surface area contributed by atoms with Crippen LogP contribution in [0.3, 0.4) is 0 Å². The molecule has 0 radical (unpaired) electrons. The van der Waals surface area contributed by atoms with Crippen LogP contribution in [0.4, 0.5) is 0 Å². The largest absolute Gasteiger partial charge is 4.00 e. The summed E-state index contributed by atoms with van der Waals surface area (Å²) < 4.78 is 0. The van der Waals surface area contributed by atoms with E-state index < -0.39 is 8.07 Å². The van der Waals surface area contributed by atoms with E-state index in [9.17, 15) is 0 Å². The van der Waals surface area contributed by atoms with E-state index in [4.69, 9.17) is 0 Å². The monoisotopic (exact) mass is 526 g/mol. The Bertz CT molecular complexity index is 917. The molecule has 3 rings (SSSR count). The molecule has 1 aliphatic rings. The Kier molecular flexibility index (Phi) is 13.0. The summed E-state index contributed by atoms with van der Waals surface area (Å²) in [7, 11) is -2.22. The minimum Gasteiger partial charge on any atom is -1.00 e. The molecule has 2 atom stereocenters. The van der Waals surface area contributed by atoms with Gasteiger partial charge in [0.25, 0.3) is 0 Å². The smallest absolute Gasteiger partial charge is 1.00 e. The Morgan fingerprint density at radius 2 is 1.26 bits per heavy atom. The molecule has 0 N–H and O–H groups in total. The van der Waals surface area contributed by atoms with Crippen LogP contribution in [0.15, 0.2) is 65.3 Å². The van der Waals surface area contributed by atoms with Crippen molar-refractivity contribution in [3.63, 3.8) is 0 Å². The van der Waals surface area contributed by atoms with Crippen LogP contribution in [0.5, 0.6) is 0 Å². The van der Waals surface area contributed by atoms with Gasteiger partial charge in [-0.25, -0.2) is 5.57 Å². The first-order valence-electron chi connectivity index (χ1n) is 10.1. The first-order valence-corrected chi connectivity index (χ1v) is 12.2. The number of rotatable bonds is 4. The fourth-order valence-corrected chi connectivity index (χ4v) is 12.3. The van der Waals surface area contributed by atoms with Gasteiger partial charge in [-0.15, -0.1) is 6.92 Å². The van der Waals surface area contributed by atoms with Crippen molar-refractivity contribution < 1.29 is 58.9 Å². The van der Waals surface area contributed by atoms with Crippen molar-refractivity contribution in [1.82, 2.24) is 0 Å². The fourth-order valence-electron chi connectivity index (χ4n) is 5.50. The van der Waals surface area contributed by atoms with E-state index in [0.29, 0.717) is 5.54 Å². The molecular formula is C26H33Cl3SiTi. The van der Waals surface area contributed by atoms with Crippen LogP contribution in [0.1, 0.15) is 52.7 Å². The van der Waals surface area contributed by atoms with E-state index in [1.165, 1.54) is 38.2 Å². The third-order valence-electron chi connectivity index (χ3n) is 6.87. The molecule has 2 unspecified atom stereocenters. The quantitative estimate of drug-likeness (QED) is 0.297. The first-order chi connectivity index (χ1) is 12.6. The minimum absolute atomic E-state index is 0. The van der Waals surface area contributed by atoms with Gasteiger partial charge < -0.3 is 37.2 Å². The fraction of sp³-hybridized carbons (Fsp3) is 0.385. The first kappa shape index (κ1) is 32.9. The molecule has 1 aliphatic carbocycles. The molecule has 0 nitrogen and oxygen atoms in total. The summed E-state index contributed by atoms with van der Waals surface area (Å²) in [6.07, 6.45) is 3.99. The Morgan fingerprint density at radius 1 is 0.774 bits per heavy atom. The predicted octanol–water partition coefficient (Wildman–Crippen LogP) is -2.85. The van der Waals surface area contributed by atoms with Crippen LogP contribution in [-0.2, 0) is 21.7 Å². The molecule has 0 saturated heterocycles. The number of allylic oxidation sites excluding steroid dienone is 4. The standard InChI is InChI=1S/C26H33Si.3ClH.Ti/c1-18(2)27(24-12-10-9-11-13-24,25-15-19(3)14-20(4)16-25)26(8)17-21(5)22(6)23(26)7;;;;/h9-16,18H,1-8H3;3*1H;/q-1;;;;+4/p-3. The van der Waals surface area contributed by atoms with Gasteiger partial charge in [0.2, 0.25) is 0 Å². The molecule has 2 aromatic carbocycles. The Labute approximate surface area is 224 Å². The second-order valence-electron chi connectivity index (χ2n) is 8.83. The Hall–Kier alpha value is -0.279. The predicted molar refractivity (Wildman–Crippen MR) is 122 cm³/mol. The van der Waals surface area contributed by atoms with Gasteiger partial charge in [0.15, 0.2) is 0 Å². The molecule has 0 heterocycles. The van der Waals surface area contributed by atoms with Crippen LogP contribution in [0.25, 0.3) is 0 Å². The Balaban J connectivity index is 0. The van der Waals surface area contributed by atoms with Crippen molar-refractivity contribution in [3.05, 3.63) is 82.5 Å². The molecule has 166 valence electrons. The maximum Gasteiger partial charge on any atom is 4.00 e. The van der Waals surface area contributed by atoms with Gasteiger partial charge in [-0.05, 0) is 19.4 Å². The zero-order valence-electron chi connectivity index (χ0n) is 19.8. The average Bonchev–Trinajstić information content (AvgIpc) is 2.79. The van der Waals surface area contributed by atoms with Gasteiger partial charge >= 0.3 is 21.7 Å². The SMILES string of the molecule is CC1=[C-]C(C)([Si](c2ccccc2)(c2cc(C)cc(C)c2)C(C)C)C(C)=C1C.[Cl-].[Cl-].[Cl-].[Ti+4]. The Morgan fingerprint density at radius 3 is 1.65 bits per heavy atom. The summed E-state index contributed by atoms with van der Waals surface area (Å²) in [5.74, 6) is 0. The van der Waals surface area contributed by atoms with Crippen molar-refractivity contribution in [2.75, 3.05) is 0 Å². The van der Waals surface area contributed by atoms with Gasteiger partial charge in [0, 0.05) is 0 Å². The summed E-state index contributed by atoms with van der Waals surface area (Å²) >= 11 is 0. The molecule has 31 heavy (non-hydrogen) atoms. The molecule has 0 aliphatic heterocycles. The van der Waals surface area contributed by atoms with E-state index >= 15 is 0 Å². The van der Waals surface area contributed by atoms with Gasteiger partial charge in [-0.2, -0.15) is 11.1 Å². The molecule has 0 saturated carbocycles. The van der Waals surface area contributed by atoms with Crippen molar-refractivity contribution in [2.45, 2.75) is 66.0 Å². The van der Waals surface area contributed by atoms with Crippen LogP contribution in [-0.4, -0.2) is 8.07 Å². The van der Waals surface area contributed by atoms with E-state index in [2.05, 4.69) is 110 Å². The van der Waals surface area contributed by atoms with Crippen LogP contribution in [0.2, 0.25) is 10.6 Å². The molecular weight excluding hydrogens is 495 g/mol. The van der Waals surface area contributed by atoms with Gasteiger partial charge in [-0.1, -0.05) is 110 Å². The molecule has 5 heteroatoms. The van der Waals surface area contributed by atoms with Gasteiger partial charge in [0.05, 0.1) is 0 Å². The molecule has 0 amide bonds. The minimum atomic E-state index is -2.22. The second kappa shape index (κ2) is 12.3. The van der Waals surface area contributed by atoms with Crippen molar-refractivity contribution >= 4 is 18.4 Å². The number of benzene rings is 2. The summed E-state index contributed by atoms with van der Waals surface area (Å²) in [5.41, 5.74) is 7.53. The third-order valence-corrected chi connectivity index (χ3v) is 13.1. The van der Waals surface area contributed by atoms with E-state index in [1.807, 2.05) is 0 Å². The maximum atomic E-state index is 3.99. The normalized spacial score (nSPS) is 19.3. The molecule has 0 spiro atoms. The number of hydrogen-bond donors (Lipinski definition) is 0. The van der Waals surface area contributed by atoms with Crippen LogP contribution in [0, 0.1) is 19.9 Å². The maximum absolute atomic E-state index is 3.99. The summed E-state index contributed by atoms with van der Waals surface area (Å²) in [4.78, 5) is 0. The average molecular weight is 528 g/mol. The zero-order valence-corrected chi connectivity index (χ0v) is 24.7. The van der Waals surface area contributed by atoms with Gasteiger partial charge in [-0.3, -0.25) is 6.08 Å². The van der Waals surface area contributed by atoms with E-state index in [0.717, 1.165) is 0 Å². The van der Waals surface area contributed by atoms with Crippen molar-refractivity contribution in [2.24, 2.45) is 0 Å². The van der Waals surface area contributed by atoms with Crippen LogP contribution >= 0.6 is 0 Å². The van der Waals surface area contributed by atoms with Crippen molar-refractivity contribution in [3.8, 4) is 0 Å². The molecule has 0 fully saturated rings. The zero-order chi connectivity index (χ0) is 20.0. The van der Waals surface area contributed by atoms with E-state index in [1.54, 1.807) is 0 Å². The number of aryl methyl sites for hydroxylation is 2. The van der Waals surface area contributed by atoms with E-state index in [-0.39, 0.29) is 64.0 Å². The molecule has 0 bridgehead atoms. The summed E-state index contributed by atoms with van der Waals surface area (Å²) in [5, 5.41) is 3.01. The third kappa shape index (κ3) is 5.29. The van der Waals surface area contributed by atoms with Crippen molar-refractivity contribution in [1.29, 1.82) is 0 Å². The van der Waals surface area contributed by atoms with Crippen LogP contribution < -0.4 is 47.6 Å².